The normalized spacial score (nSPS) is 10.2. The van der Waals surface area contributed by atoms with Crippen LogP contribution in [0.15, 0.2) is 35.1 Å². The molecule has 0 aliphatic heterocycles. The zero-order valence-corrected chi connectivity index (χ0v) is 7.32. The van der Waals surface area contributed by atoms with E-state index in [9.17, 15) is 0 Å². The largest absolute Gasteiger partial charge is 0.463 e. The zero-order chi connectivity index (χ0) is 9.26. The molecule has 2 N–H and O–H groups in total. The van der Waals surface area contributed by atoms with Crippen LogP contribution < -0.4 is 5.73 Å². The first kappa shape index (κ1) is 7.86. The first-order chi connectivity index (χ1) is 6.29. The van der Waals surface area contributed by atoms with Gasteiger partial charge in [0.25, 0.3) is 0 Å². The molecule has 0 saturated carbocycles. The van der Waals surface area contributed by atoms with Crippen LogP contribution in [-0.4, -0.2) is 4.98 Å². The summed E-state index contributed by atoms with van der Waals surface area (Å²) >= 11 is 0. The van der Waals surface area contributed by atoms with Crippen LogP contribution in [0.2, 0.25) is 0 Å². The van der Waals surface area contributed by atoms with Crippen LogP contribution in [0.1, 0.15) is 5.56 Å². The minimum Gasteiger partial charge on any atom is -0.463 e. The number of nitrogens with zero attached hydrogens (tertiary/aromatic N) is 1. The molecule has 0 bridgehead atoms. The van der Waals surface area contributed by atoms with Crippen molar-refractivity contribution in [3.8, 4) is 11.5 Å². The molecule has 2 aromatic rings. The lowest BCUT2D eigenvalue weighted by Crippen LogP contribution is -1.95. The van der Waals surface area contributed by atoms with Crippen LogP contribution in [0.25, 0.3) is 11.5 Å². The first-order valence-corrected chi connectivity index (χ1v) is 4.04. The maximum atomic E-state index is 5.85. The Balaban J connectivity index is 2.59. The van der Waals surface area contributed by atoms with E-state index >= 15 is 0 Å². The number of nitrogens with two attached hydrogens (primary N) is 1. The summed E-state index contributed by atoms with van der Waals surface area (Å²) in [4.78, 5) is 4.16. The average molecular weight is 174 g/mol. The van der Waals surface area contributed by atoms with Crippen molar-refractivity contribution in [2.75, 3.05) is 5.73 Å². The van der Waals surface area contributed by atoms with E-state index in [0.29, 0.717) is 17.1 Å². The molecule has 0 unspecified atom stereocenters. The van der Waals surface area contributed by atoms with Crippen molar-refractivity contribution < 1.29 is 4.42 Å². The number of aromatic nitrogens is 1. The molecule has 0 aliphatic rings. The number of rotatable bonds is 1. The Bertz CT molecular complexity index is 407. The van der Waals surface area contributed by atoms with Crippen molar-refractivity contribution in [3.05, 3.63) is 36.2 Å². The van der Waals surface area contributed by atoms with Crippen molar-refractivity contribution in [1.82, 2.24) is 4.98 Å². The molecule has 0 aromatic carbocycles. The molecular weight excluding hydrogens is 164 g/mol. The molecular formula is C10H10N2O. The van der Waals surface area contributed by atoms with Crippen LogP contribution >= 0.6 is 0 Å². The quantitative estimate of drug-likeness (QED) is 0.721. The Morgan fingerprint density at radius 3 is 2.92 bits per heavy atom. The molecule has 2 heterocycles. The highest BCUT2D eigenvalue weighted by Gasteiger charge is 2.07. The molecule has 66 valence electrons. The van der Waals surface area contributed by atoms with E-state index in [1.54, 1.807) is 12.5 Å². The molecule has 0 saturated heterocycles. The highest BCUT2D eigenvalue weighted by Crippen LogP contribution is 2.25. The van der Waals surface area contributed by atoms with Gasteiger partial charge in [0.2, 0.25) is 0 Å². The number of nitrogen functional groups attached to an aromatic ring is 1. The van der Waals surface area contributed by atoms with E-state index in [4.69, 9.17) is 10.2 Å². The smallest absolute Gasteiger partial charge is 0.154 e. The summed E-state index contributed by atoms with van der Waals surface area (Å²) in [5.41, 5.74) is 8.26. The van der Waals surface area contributed by atoms with Crippen LogP contribution in [0.4, 0.5) is 5.69 Å². The SMILES string of the molecule is Cc1ccnc(-c2ccco2)c1N. The molecule has 0 amide bonds. The van der Waals surface area contributed by atoms with E-state index < -0.39 is 0 Å². The molecule has 0 spiro atoms. The first-order valence-electron chi connectivity index (χ1n) is 4.04. The minimum absolute atomic E-state index is 0.678. The maximum Gasteiger partial charge on any atom is 0.154 e. The van der Waals surface area contributed by atoms with Gasteiger partial charge in [-0.25, -0.2) is 0 Å². The van der Waals surface area contributed by atoms with Crippen molar-refractivity contribution >= 4 is 5.69 Å². The third-order valence-electron chi connectivity index (χ3n) is 1.96. The molecule has 0 atom stereocenters. The van der Waals surface area contributed by atoms with Gasteiger partial charge < -0.3 is 10.2 Å². The Morgan fingerprint density at radius 1 is 1.38 bits per heavy atom. The van der Waals surface area contributed by atoms with Gasteiger partial charge >= 0.3 is 0 Å². The van der Waals surface area contributed by atoms with Crippen molar-refractivity contribution in [1.29, 1.82) is 0 Å². The molecule has 3 nitrogen and oxygen atoms in total. The zero-order valence-electron chi connectivity index (χ0n) is 7.32. The van der Waals surface area contributed by atoms with Gasteiger partial charge in [-0.15, -0.1) is 0 Å². The fourth-order valence-corrected chi connectivity index (χ4v) is 1.18. The second-order valence-electron chi connectivity index (χ2n) is 2.87. The summed E-state index contributed by atoms with van der Waals surface area (Å²) in [5.74, 6) is 0.709. The van der Waals surface area contributed by atoms with Crippen molar-refractivity contribution in [3.63, 3.8) is 0 Å². The lowest BCUT2D eigenvalue weighted by atomic mass is 10.2. The standard InChI is InChI=1S/C10H10N2O/c1-7-4-5-12-10(9(7)11)8-3-2-6-13-8/h2-6H,11H2,1H3. The molecule has 0 aliphatic carbocycles. The molecule has 0 fully saturated rings. The number of hydrogen-bond acceptors (Lipinski definition) is 3. The number of pyridine rings is 1. The van der Waals surface area contributed by atoms with Crippen LogP contribution in [0.5, 0.6) is 0 Å². The van der Waals surface area contributed by atoms with Gasteiger partial charge in [0, 0.05) is 6.20 Å². The van der Waals surface area contributed by atoms with Gasteiger partial charge in [-0.2, -0.15) is 0 Å². The van der Waals surface area contributed by atoms with Gasteiger partial charge in [0.15, 0.2) is 5.76 Å². The Hall–Kier alpha value is -1.77. The minimum atomic E-state index is 0.678. The molecule has 13 heavy (non-hydrogen) atoms. The maximum absolute atomic E-state index is 5.85. The summed E-state index contributed by atoms with van der Waals surface area (Å²) in [6.45, 7) is 1.95. The summed E-state index contributed by atoms with van der Waals surface area (Å²) < 4.78 is 5.21. The highest BCUT2D eigenvalue weighted by molar-refractivity contribution is 5.70. The van der Waals surface area contributed by atoms with Crippen LogP contribution in [0, 0.1) is 6.92 Å². The van der Waals surface area contributed by atoms with Gasteiger partial charge in [-0.3, -0.25) is 4.98 Å². The molecule has 2 rings (SSSR count). The third-order valence-corrected chi connectivity index (χ3v) is 1.96. The number of aryl methyl sites for hydroxylation is 1. The number of anilines is 1. The predicted molar refractivity (Wildman–Crippen MR) is 51.1 cm³/mol. The predicted octanol–water partition coefficient (Wildman–Crippen LogP) is 2.23. The summed E-state index contributed by atoms with van der Waals surface area (Å²) in [6.07, 6.45) is 3.34. The Morgan fingerprint density at radius 2 is 2.23 bits per heavy atom. The number of furan rings is 1. The number of hydrogen-bond donors (Lipinski definition) is 1. The summed E-state index contributed by atoms with van der Waals surface area (Å²) in [6, 6.07) is 5.54. The van der Waals surface area contributed by atoms with E-state index in [-0.39, 0.29) is 0 Å². The van der Waals surface area contributed by atoms with Gasteiger partial charge in [-0.05, 0) is 30.7 Å². The Kier molecular flexibility index (Phi) is 1.77. The topological polar surface area (TPSA) is 52.0 Å². The van der Waals surface area contributed by atoms with E-state index in [1.807, 2.05) is 25.1 Å². The van der Waals surface area contributed by atoms with E-state index in [1.165, 1.54) is 0 Å². The van der Waals surface area contributed by atoms with E-state index in [2.05, 4.69) is 4.98 Å². The fraction of sp³-hybridized carbons (Fsp3) is 0.100. The second-order valence-corrected chi connectivity index (χ2v) is 2.87. The third kappa shape index (κ3) is 1.28. The summed E-state index contributed by atoms with van der Waals surface area (Å²) in [7, 11) is 0. The van der Waals surface area contributed by atoms with Gasteiger partial charge in [0.05, 0.1) is 12.0 Å². The van der Waals surface area contributed by atoms with Crippen LogP contribution in [0.3, 0.4) is 0 Å². The monoisotopic (exact) mass is 174 g/mol. The highest BCUT2D eigenvalue weighted by atomic mass is 16.3. The molecule has 3 heteroatoms. The lowest BCUT2D eigenvalue weighted by Gasteiger charge is -2.03. The molecule has 2 aromatic heterocycles. The average Bonchev–Trinajstić information content (AvgIpc) is 2.62. The summed E-state index contributed by atoms with van der Waals surface area (Å²) in [5, 5.41) is 0. The Labute approximate surface area is 76.2 Å². The van der Waals surface area contributed by atoms with E-state index in [0.717, 1.165) is 5.56 Å². The van der Waals surface area contributed by atoms with Gasteiger partial charge in [0.1, 0.15) is 5.69 Å². The van der Waals surface area contributed by atoms with Crippen molar-refractivity contribution in [2.45, 2.75) is 6.92 Å². The van der Waals surface area contributed by atoms with Gasteiger partial charge in [-0.1, -0.05) is 0 Å². The second kappa shape index (κ2) is 2.94. The van der Waals surface area contributed by atoms with Crippen LogP contribution in [-0.2, 0) is 0 Å². The van der Waals surface area contributed by atoms with Crippen molar-refractivity contribution in [2.24, 2.45) is 0 Å². The lowest BCUT2D eigenvalue weighted by molar-refractivity contribution is 0.580. The molecule has 0 radical (unpaired) electrons. The fourth-order valence-electron chi connectivity index (χ4n) is 1.18.